The minimum Gasteiger partial charge on any atom is -0.313 e. The molecule has 0 aliphatic carbocycles. The topological polar surface area (TPSA) is 24.4 Å². The minimum atomic E-state index is 0.873. The van der Waals surface area contributed by atoms with E-state index in [0.29, 0.717) is 0 Å². The van der Waals surface area contributed by atoms with Crippen LogP contribution in [0.25, 0.3) is 0 Å². The second-order valence-electron chi connectivity index (χ2n) is 4.13. The van der Waals surface area contributed by atoms with Crippen molar-refractivity contribution >= 4 is 5.84 Å². The maximum absolute atomic E-state index is 4.58. The first kappa shape index (κ1) is 12.1. The highest BCUT2D eigenvalue weighted by Crippen LogP contribution is 2.13. The highest BCUT2D eigenvalue weighted by Gasteiger charge is 2.31. The van der Waals surface area contributed by atoms with Crippen LogP contribution in [0, 0.1) is 0 Å². The van der Waals surface area contributed by atoms with Crippen molar-refractivity contribution in [2.75, 3.05) is 39.8 Å². The van der Waals surface area contributed by atoms with Crippen LogP contribution in [0.4, 0.5) is 0 Å². The van der Waals surface area contributed by atoms with Crippen molar-refractivity contribution in [2.24, 2.45) is 4.99 Å². The molecule has 0 fully saturated rings. The van der Waals surface area contributed by atoms with Crippen LogP contribution in [0.3, 0.4) is 0 Å². The smallest absolute Gasteiger partial charge is 0.199 e. The molecule has 0 saturated carbocycles. The molecule has 0 radical (unpaired) electrons. The average Bonchev–Trinajstić information content (AvgIpc) is 2.56. The van der Waals surface area contributed by atoms with Gasteiger partial charge in [0.1, 0.15) is 13.1 Å². The Kier molecular flexibility index (Phi) is 4.72. The van der Waals surface area contributed by atoms with E-state index in [2.05, 4.69) is 30.5 Å². The molecule has 1 aliphatic heterocycles. The molecule has 1 rings (SSSR count). The van der Waals surface area contributed by atoms with E-state index in [4.69, 9.17) is 0 Å². The number of nitrogens with one attached hydrogen (secondary N) is 1. The van der Waals surface area contributed by atoms with Gasteiger partial charge in [0, 0.05) is 13.1 Å². The molecule has 3 heteroatoms. The van der Waals surface area contributed by atoms with Crippen molar-refractivity contribution in [1.82, 2.24) is 5.32 Å². The molecule has 0 aromatic carbocycles. The van der Waals surface area contributed by atoms with Crippen LogP contribution in [0.5, 0.6) is 0 Å². The fraction of sp³-hybridized carbons (Fsp3) is 0.583. The first-order valence-electron chi connectivity index (χ1n) is 5.54. The molecular weight excluding hydrogens is 186 g/mol. The maximum atomic E-state index is 4.58. The summed E-state index contributed by atoms with van der Waals surface area (Å²) in [6, 6.07) is 0. The van der Waals surface area contributed by atoms with E-state index in [0.717, 1.165) is 43.6 Å². The SMILES string of the molecule is C=CCNCCC1=NCC[N+]1(C)CC=C. The number of quaternary nitrogens is 1. The van der Waals surface area contributed by atoms with Crippen LogP contribution < -0.4 is 5.32 Å². The number of rotatable bonds is 7. The molecule has 0 saturated heterocycles. The lowest BCUT2D eigenvalue weighted by Crippen LogP contribution is -2.47. The van der Waals surface area contributed by atoms with Crippen LogP contribution >= 0.6 is 0 Å². The molecule has 3 nitrogen and oxygen atoms in total. The van der Waals surface area contributed by atoms with Gasteiger partial charge in [-0.15, -0.1) is 6.58 Å². The van der Waals surface area contributed by atoms with Gasteiger partial charge in [-0.05, 0) is 6.08 Å². The summed E-state index contributed by atoms with van der Waals surface area (Å²) in [5, 5.41) is 3.31. The van der Waals surface area contributed by atoms with E-state index in [1.54, 1.807) is 0 Å². The van der Waals surface area contributed by atoms with Crippen molar-refractivity contribution in [1.29, 1.82) is 0 Å². The molecular formula is C12H22N3+. The fourth-order valence-corrected chi connectivity index (χ4v) is 1.93. The molecule has 1 unspecified atom stereocenters. The molecule has 1 heterocycles. The third-order valence-corrected chi connectivity index (χ3v) is 2.86. The van der Waals surface area contributed by atoms with Gasteiger partial charge in [-0.2, -0.15) is 0 Å². The van der Waals surface area contributed by atoms with Crippen molar-refractivity contribution < 1.29 is 4.48 Å². The molecule has 0 bridgehead atoms. The van der Waals surface area contributed by atoms with E-state index in [-0.39, 0.29) is 0 Å². The summed E-state index contributed by atoms with van der Waals surface area (Å²) in [5.74, 6) is 1.30. The number of amidine groups is 1. The molecule has 1 aliphatic rings. The van der Waals surface area contributed by atoms with Gasteiger partial charge in [-0.1, -0.05) is 12.7 Å². The summed E-state index contributed by atoms with van der Waals surface area (Å²) in [4.78, 5) is 4.58. The van der Waals surface area contributed by atoms with Crippen LogP contribution in [-0.2, 0) is 0 Å². The van der Waals surface area contributed by atoms with Crippen LogP contribution in [-0.4, -0.2) is 50.1 Å². The van der Waals surface area contributed by atoms with Crippen LogP contribution in [0.1, 0.15) is 6.42 Å². The number of hydrogen-bond acceptors (Lipinski definition) is 2. The van der Waals surface area contributed by atoms with Gasteiger partial charge in [-0.3, -0.25) is 4.48 Å². The summed E-state index contributed by atoms with van der Waals surface area (Å²) in [6.45, 7) is 12.4. The molecule has 0 aromatic rings. The minimum absolute atomic E-state index is 0.873. The van der Waals surface area contributed by atoms with Crippen LogP contribution in [0.15, 0.2) is 30.3 Å². The predicted molar refractivity (Wildman–Crippen MR) is 66.1 cm³/mol. The Hall–Kier alpha value is -0.930. The summed E-state index contributed by atoms with van der Waals surface area (Å²) in [7, 11) is 2.24. The Morgan fingerprint density at radius 3 is 2.93 bits per heavy atom. The zero-order valence-electron chi connectivity index (χ0n) is 9.71. The van der Waals surface area contributed by atoms with Gasteiger partial charge in [0.05, 0.1) is 20.0 Å². The second-order valence-corrected chi connectivity index (χ2v) is 4.13. The number of nitrogens with zero attached hydrogens (tertiary/aromatic N) is 2. The maximum Gasteiger partial charge on any atom is 0.199 e. The normalized spacial score (nSPS) is 25.0. The lowest BCUT2D eigenvalue weighted by Gasteiger charge is -2.28. The molecule has 15 heavy (non-hydrogen) atoms. The van der Waals surface area contributed by atoms with Crippen molar-refractivity contribution in [2.45, 2.75) is 6.42 Å². The standard InChI is InChI=1S/C12H22N3/c1-4-7-13-8-6-12-14-9-11-15(12,3)10-5-2/h4-5,13H,1-2,6-11H2,3H3/q+1. The van der Waals surface area contributed by atoms with Gasteiger partial charge < -0.3 is 5.32 Å². The molecule has 0 spiro atoms. The lowest BCUT2D eigenvalue weighted by atomic mass is 10.3. The summed E-state index contributed by atoms with van der Waals surface area (Å²) in [5.41, 5.74) is 0. The highest BCUT2D eigenvalue weighted by molar-refractivity contribution is 5.77. The fourth-order valence-electron chi connectivity index (χ4n) is 1.93. The molecule has 1 N–H and O–H groups in total. The lowest BCUT2D eigenvalue weighted by molar-refractivity contribution is -0.808. The first-order valence-corrected chi connectivity index (χ1v) is 5.54. The molecule has 1 atom stereocenters. The second kappa shape index (κ2) is 5.83. The van der Waals surface area contributed by atoms with E-state index >= 15 is 0 Å². The van der Waals surface area contributed by atoms with Crippen molar-refractivity contribution in [3.63, 3.8) is 0 Å². The largest absolute Gasteiger partial charge is 0.313 e. The third-order valence-electron chi connectivity index (χ3n) is 2.86. The third kappa shape index (κ3) is 3.29. The summed E-state index contributed by atoms with van der Waals surface area (Å²) < 4.78 is 0.944. The van der Waals surface area contributed by atoms with Crippen molar-refractivity contribution in [3.8, 4) is 0 Å². The Bertz CT molecular complexity index is 258. The van der Waals surface area contributed by atoms with Gasteiger partial charge >= 0.3 is 0 Å². The number of likely N-dealkylation sites (N-methyl/N-ethyl adjacent to an activating group) is 1. The zero-order chi connectivity index (χ0) is 11.1. The molecule has 84 valence electrons. The van der Waals surface area contributed by atoms with Crippen molar-refractivity contribution in [3.05, 3.63) is 25.3 Å². The number of hydrogen-bond donors (Lipinski definition) is 1. The van der Waals surface area contributed by atoms with Gasteiger partial charge in [0.25, 0.3) is 0 Å². The van der Waals surface area contributed by atoms with Gasteiger partial charge in [0.15, 0.2) is 5.84 Å². The van der Waals surface area contributed by atoms with E-state index in [1.807, 2.05) is 12.2 Å². The summed E-state index contributed by atoms with van der Waals surface area (Å²) in [6.07, 6.45) is 4.89. The monoisotopic (exact) mass is 208 g/mol. The Morgan fingerprint density at radius 1 is 1.47 bits per heavy atom. The number of aliphatic imine (C=N–C) groups is 1. The average molecular weight is 208 g/mol. The Labute approximate surface area is 92.8 Å². The first-order chi connectivity index (χ1) is 7.23. The summed E-state index contributed by atoms with van der Waals surface area (Å²) >= 11 is 0. The zero-order valence-corrected chi connectivity index (χ0v) is 9.71. The quantitative estimate of drug-likeness (QED) is 0.379. The predicted octanol–water partition coefficient (Wildman–Crippen LogP) is 1.20. The highest BCUT2D eigenvalue weighted by atomic mass is 15.4. The molecule has 0 amide bonds. The Morgan fingerprint density at radius 2 is 2.27 bits per heavy atom. The van der Waals surface area contributed by atoms with Crippen LogP contribution in [0.2, 0.25) is 0 Å². The van der Waals surface area contributed by atoms with Gasteiger partial charge in [-0.25, -0.2) is 4.99 Å². The van der Waals surface area contributed by atoms with E-state index < -0.39 is 0 Å². The van der Waals surface area contributed by atoms with Gasteiger partial charge in [0.2, 0.25) is 0 Å². The Balaban J connectivity index is 2.39. The molecule has 0 aromatic heterocycles. The van der Waals surface area contributed by atoms with E-state index in [1.165, 1.54) is 5.84 Å². The van der Waals surface area contributed by atoms with E-state index in [9.17, 15) is 0 Å².